The Morgan fingerprint density at radius 3 is 2.75 bits per heavy atom. The molecule has 0 atom stereocenters. The van der Waals surface area contributed by atoms with Gasteiger partial charge in [-0.3, -0.25) is 0 Å². The van der Waals surface area contributed by atoms with Crippen molar-refractivity contribution in [3.63, 3.8) is 0 Å². The Morgan fingerprint density at radius 1 is 1.30 bits per heavy atom. The molecule has 2 aromatic rings. The largest absolute Gasteiger partial charge is 0.365 e. The standard InChI is InChI=1S/C15H15F2N3/c1-2-14(18)12-7-11(16)9-20-15(12)19-8-10-5-3-4-6-13(10)17/h3-7,9,18H,2,8H2,1H3,(H,19,20). The monoisotopic (exact) mass is 275 g/mol. The molecule has 2 rings (SSSR count). The van der Waals surface area contributed by atoms with Crippen molar-refractivity contribution >= 4 is 11.5 Å². The van der Waals surface area contributed by atoms with E-state index in [0.29, 0.717) is 23.4 Å². The number of nitrogens with one attached hydrogen (secondary N) is 2. The molecule has 0 aliphatic heterocycles. The molecule has 1 heterocycles. The second-order valence-electron chi connectivity index (χ2n) is 4.33. The average Bonchev–Trinajstić information content (AvgIpc) is 2.46. The van der Waals surface area contributed by atoms with Crippen molar-refractivity contribution in [3.05, 3.63) is 59.3 Å². The highest BCUT2D eigenvalue weighted by atomic mass is 19.1. The molecule has 0 aliphatic carbocycles. The molecule has 0 fully saturated rings. The topological polar surface area (TPSA) is 48.8 Å². The van der Waals surface area contributed by atoms with Gasteiger partial charge < -0.3 is 10.7 Å². The first-order chi connectivity index (χ1) is 9.61. The van der Waals surface area contributed by atoms with Gasteiger partial charge in [-0.2, -0.15) is 0 Å². The van der Waals surface area contributed by atoms with Crippen molar-refractivity contribution in [3.8, 4) is 0 Å². The minimum absolute atomic E-state index is 0.231. The minimum atomic E-state index is -0.491. The molecule has 1 aromatic carbocycles. The third kappa shape index (κ3) is 3.17. The lowest BCUT2D eigenvalue weighted by molar-refractivity contribution is 0.612. The Morgan fingerprint density at radius 2 is 2.05 bits per heavy atom. The summed E-state index contributed by atoms with van der Waals surface area (Å²) in [5, 5.41) is 10.8. The van der Waals surface area contributed by atoms with Crippen LogP contribution in [0.4, 0.5) is 14.6 Å². The van der Waals surface area contributed by atoms with E-state index in [9.17, 15) is 8.78 Å². The molecule has 20 heavy (non-hydrogen) atoms. The summed E-state index contributed by atoms with van der Waals surface area (Å²) in [6.07, 6.45) is 1.55. The van der Waals surface area contributed by atoms with Crippen molar-refractivity contribution < 1.29 is 8.78 Å². The number of pyridine rings is 1. The van der Waals surface area contributed by atoms with Gasteiger partial charge >= 0.3 is 0 Å². The summed E-state index contributed by atoms with van der Waals surface area (Å²) in [6, 6.07) is 7.67. The molecule has 0 aliphatic rings. The van der Waals surface area contributed by atoms with E-state index in [1.165, 1.54) is 12.1 Å². The Hall–Kier alpha value is -2.30. The van der Waals surface area contributed by atoms with E-state index in [0.717, 1.165) is 6.20 Å². The molecule has 0 saturated carbocycles. The summed E-state index contributed by atoms with van der Waals surface area (Å²) in [6.45, 7) is 2.04. The van der Waals surface area contributed by atoms with Gasteiger partial charge in [-0.1, -0.05) is 25.1 Å². The summed E-state index contributed by atoms with van der Waals surface area (Å²) < 4.78 is 26.7. The van der Waals surface area contributed by atoms with Crippen LogP contribution in [0.3, 0.4) is 0 Å². The van der Waals surface area contributed by atoms with Gasteiger partial charge in [0.1, 0.15) is 17.5 Å². The first-order valence-electron chi connectivity index (χ1n) is 6.32. The van der Waals surface area contributed by atoms with Crippen LogP contribution in [0.25, 0.3) is 0 Å². The number of nitrogens with zero attached hydrogens (tertiary/aromatic N) is 1. The Labute approximate surface area is 116 Å². The number of benzene rings is 1. The third-order valence-corrected chi connectivity index (χ3v) is 2.94. The van der Waals surface area contributed by atoms with Crippen molar-refractivity contribution in [1.82, 2.24) is 4.98 Å². The van der Waals surface area contributed by atoms with Crippen molar-refractivity contribution in [1.29, 1.82) is 5.41 Å². The van der Waals surface area contributed by atoms with Crippen LogP contribution in [0.2, 0.25) is 0 Å². The number of anilines is 1. The molecular formula is C15H15F2N3. The van der Waals surface area contributed by atoms with Gasteiger partial charge in [-0.05, 0) is 18.6 Å². The summed E-state index contributed by atoms with van der Waals surface area (Å²) >= 11 is 0. The lowest BCUT2D eigenvalue weighted by Gasteiger charge is -2.11. The zero-order valence-corrected chi connectivity index (χ0v) is 11.1. The molecule has 1 aromatic heterocycles. The Balaban J connectivity index is 2.21. The summed E-state index contributed by atoms with van der Waals surface area (Å²) in [5.41, 5.74) is 1.18. The van der Waals surface area contributed by atoms with E-state index < -0.39 is 5.82 Å². The number of rotatable bonds is 5. The minimum Gasteiger partial charge on any atom is -0.365 e. The van der Waals surface area contributed by atoms with Gasteiger partial charge in [0.25, 0.3) is 0 Å². The normalized spacial score (nSPS) is 10.3. The number of hydrogen-bond donors (Lipinski definition) is 2. The Bertz CT molecular complexity index is 626. The van der Waals surface area contributed by atoms with Gasteiger partial charge in [-0.25, -0.2) is 13.8 Å². The number of halogens is 2. The van der Waals surface area contributed by atoms with Gasteiger partial charge in [0.2, 0.25) is 0 Å². The number of aromatic nitrogens is 1. The first kappa shape index (κ1) is 14.1. The smallest absolute Gasteiger partial charge is 0.142 e. The molecular weight excluding hydrogens is 260 g/mol. The maximum atomic E-state index is 13.5. The summed E-state index contributed by atoms with van der Waals surface area (Å²) in [4.78, 5) is 3.94. The molecule has 3 nitrogen and oxygen atoms in total. The number of hydrogen-bond acceptors (Lipinski definition) is 3. The molecule has 0 unspecified atom stereocenters. The average molecular weight is 275 g/mol. The highest BCUT2D eigenvalue weighted by Gasteiger charge is 2.10. The molecule has 0 radical (unpaired) electrons. The van der Waals surface area contributed by atoms with Crippen LogP contribution in [0, 0.1) is 17.0 Å². The molecule has 2 N–H and O–H groups in total. The van der Waals surface area contributed by atoms with Crippen LogP contribution in [0.15, 0.2) is 36.5 Å². The van der Waals surface area contributed by atoms with Crippen LogP contribution in [0.5, 0.6) is 0 Å². The quantitative estimate of drug-likeness (QED) is 0.816. The van der Waals surface area contributed by atoms with Gasteiger partial charge in [0, 0.05) is 23.4 Å². The molecule has 0 spiro atoms. The van der Waals surface area contributed by atoms with Crippen LogP contribution in [0.1, 0.15) is 24.5 Å². The van der Waals surface area contributed by atoms with Crippen LogP contribution in [-0.2, 0) is 6.54 Å². The van der Waals surface area contributed by atoms with Crippen molar-refractivity contribution in [2.45, 2.75) is 19.9 Å². The van der Waals surface area contributed by atoms with Gasteiger partial charge in [-0.15, -0.1) is 0 Å². The molecule has 5 heteroatoms. The lowest BCUT2D eigenvalue weighted by Crippen LogP contribution is -2.09. The molecule has 0 amide bonds. The van der Waals surface area contributed by atoms with E-state index in [-0.39, 0.29) is 18.1 Å². The van der Waals surface area contributed by atoms with Crippen LogP contribution >= 0.6 is 0 Å². The first-order valence-corrected chi connectivity index (χ1v) is 6.32. The van der Waals surface area contributed by atoms with E-state index in [2.05, 4.69) is 10.3 Å². The summed E-state index contributed by atoms with van der Waals surface area (Å²) in [7, 11) is 0. The molecule has 104 valence electrons. The second kappa shape index (κ2) is 6.23. The zero-order valence-electron chi connectivity index (χ0n) is 11.1. The van der Waals surface area contributed by atoms with Crippen molar-refractivity contribution in [2.75, 3.05) is 5.32 Å². The highest BCUT2D eigenvalue weighted by Crippen LogP contribution is 2.17. The zero-order chi connectivity index (χ0) is 14.5. The molecule has 0 bridgehead atoms. The van der Waals surface area contributed by atoms with E-state index in [1.54, 1.807) is 18.2 Å². The summed E-state index contributed by atoms with van der Waals surface area (Å²) in [5.74, 6) is -0.412. The van der Waals surface area contributed by atoms with E-state index in [4.69, 9.17) is 5.41 Å². The van der Waals surface area contributed by atoms with E-state index in [1.807, 2.05) is 6.92 Å². The fourth-order valence-corrected chi connectivity index (χ4v) is 1.82. The lowest BCUT2D eigenvalue weighted by atomic mass is 10.1. The Kier molecular flexibility index (Phi) is 4.40. The maximum Gasteiger partial charge on any atom is 0.142 e. The van der Waals surface area contributed by atoms with Crippen LogP contribution < -0.4 is 5.32 Å². The third-order valence-electron chi connectivity index (χ3n) is 2.94. The SMILES string of the molecule is CCC(=N)c1cc(F)cnc1NCc1ccccc1F. The fraction of sp³-hybridized carbons (Fsp3) is 0.200. The van der Waals surface area contributed by atoms with Crippen LogP contribution in [-0.4, -0.2) is 10.7 Å². The predicted octanol–water partition coefficient (Wildman–Crippen LogP) is 3.75. The molecule has 0 saturated heterocycles. The highest BCUT2D eigenvalue weighted by molar-refractivity contribution is 6.02. The maximum absolute atomic E-state index is 13.5. The predicted molar refractivity (Wildman–Crippen MR) is 75.0 cm³/mol. The van der Waals surface area contributed by atoms with E-state index >= 15 is 0 Å². The van der Waals surface area contributed by atoms with Gasteiger partial charge in [0.15, 0.2) is 0 Å². The second-order valence-corrected chi connectivity index (χ2v) is 4.33. The van der Waals surface area contributed by atoms with Crippen molar-refractivity contribution in [2.24, 2.45) is 0 Å². The van der Waals surface area contributed by atoms with Gasteiger partial charge in [0.05, 0.1) is 6.20 Å². The fourth-order valence-electron chi connectivity index (χ4n) is 1.82.